The molecule has 3 heterocycles. The van der Waals surface area contributed by atoms with E-state index >= 15 is 0 Å². The molecule has 1 fully saturated rings. The van der Waals surface area contributed by atoms with Gasteiger partial charge in [0.25, 0.3) is 5.78 Å². The van der Waals surface area contributed by atoms with Crippen LogP contribution in [0.1, 0.15) is 30.7 Å². The molecule has 3 aromatic rings. The molecule has 136 valence electrons. The molecule has 1 aromatic carbocycles. The Balaban J connectivity index is 1.67. The highest BCUT2D eigenvalue weighted by atomic mass is 19.1. The largest absolute Gasteiger partial charge is 0.370 e. The first-order chi connectivity index (χ1) is 12.7. The SMILES string of the molecule is CCCc1cc(N2CCO[C@H](c3ccc(F)cc3F)C2)n2ncnc2n1. The van der Waals surface area contributed by atoms with Crippen LogP contribution in [0.25, 0.3) is 5.78 Å². The van der Waals surface area contributed by atoms with Crippen molar-refractivity contribution in [2.75, 3.05) is 24.6 Å². The van der Waals surface area contributed by atoms with Crippen LogP contribution < -0.4 is 4.90 Å². The number of halogens is 2. The van der Waals surface area contributed by atoms with Crippen molar-refractivity contribution < 1.29 is 13.5 Å². The Morgan fingerprint density at radius 3 is 2.96 bits per heavy atom. The van der Waals surface area contributed by atoms with E-state index in [0.29, 0.717) is 31.0 Å². The van der Waals surface area contributed by atoms with Crippen molar-refractivity contribution in [2.45, 2.75) is 25.9 Å². The van der Waals surface area contributed by atoms with Crippen molar-refractivity contribution >= 4 is 11.6 Å². The summed E-state index contributed by atoms with van der Waals surface area (Å²) in [6.07, 6.45) is 2.81. The summed E-state index contributed by atoms with van der Waals surface area (Å²) in [5, 5.41) is 4.26. The van der Waals surface area contributed by atoms with Crippen LogP contribution in [0, 0.1) is 11.6 Å². The minimum Gasteiger partial charge on any atom is -0.370 e. The van der Waals surface area contributed by atoms with Crippen LogP contribution in [-0.4, -0.2) is 39.3 Å². The van der Waals surface area contributed by atoms with Crippen molar-refractivity contribution in [3.63, 3.8) is 0 Å². The lowest BCUT2D eigenvalue weighted by Crippen LogP contribution is -2.39. The van der Waals surface area contributed by atoms with Crippen LogP contribution in [0.4, 0.5) is 14.6 Å². The zero-order valence-corrected chi connectivity index (χ0v) is 14.4. The van der Waals surface area contributed by atoms with Gasteiger partial charge in [0.15, 0.2) is 0 Å². The standard InChI is InChI=1S/C18H19F2N5O/c1-2-3-13-9-17(25-18(23-13)21-11-22-25)24-6-7-26-16(10-24)14-5-4-12(19)8-15(14)20/h4-5,8-9,11,16H,2-3,6-7,10H2,1H3/t16-/m0/s1. The van der Waals surface area contributed by atoms with Crippen LogP contribution in [0.5, 0.6) is 0 Å². The second kappa shape index (κ2) is 6.95. The van der Waals surface area contributed by atoms with Gasteiger partial charge in [0.05, 0.1) is 6.61 Å². The van der Waals surface area contributed by atoms with Gasteiger partial charge in [-0.05, 0) is 12.5 Å². The lowest BCUT2D eigenvalue weighted by molar-refractivity contribution is 0.0370. The van der Waals surface area contributed by atoms with Gasteiger partial charge in [-0.3, -0.25) is 0 Å². The Morgan fingerprint density at radius 1 is 1.27 bits per heavy atom. The lowest BCUT2D eigenvalue weighted by atomic mass is 10.1. The maximum atomic E-state index is 14.2. The van der Waals surface area contributed by atoms with E-state index in [1.807, 2.05) is 6.07 Å². The van der Waals surface area contributed by atoms with Crippen LogP contribution >= 0.6 is 0 Å². The molecule has 0 bridgehead atoms. The van der Waals surface area contributed by atoms with Gasteiger partial charge in [-0.25, -0.2) is 13.8 Å². The molecule has 0 spiro atoms. The van der Waals surface area contributed by atoms with Crippen LogP contribution in [0.15, 0.2) is 30.6 Å². The molecule has 26 heavy (non-hydrogen) atoms. The second-order valence-electron chi connectivity index (χ2n) is 6.30. The molecule has 0 radical (unpaired) electrons. The highest BCUT2D eigenvalue weighted by Gasteiger charge is 2.26. The number of hydrogen-bond donors (Lipinski definition) is 0. The van der Waals surface area contributed by atoms with E-state index in [1.165, 1.54) is 18.5 Å². The van der Waals surface area contributed by atoms with Crippen molar-refractivity contribution in [3.8, 4) is 0 Å². The third kappa shape index (κ3) is 3.12. The van der Waals surface area contributed by atoms with Crippen molar-refractivity contribution in [2.24, 2.45) is 0 Å². The fraction of sp³-hybridized carbons (Fsp3) is 0.389. The van der Waals surface area contributed by atoms with Gasteiger partial charge in [-0.2, -0.15) is 14.6 Å². The fourth-order valence-corrected chi connectivity index (χ4v) is 3.26. The molecule has 0 N–H and O–H groups in total. The predicted molar refractivity (Wildman–Crippen MR) is 92.0 cm³/mol. The molecule has 0 saturated carbocycles. The minimum atomic E-state index is -0.596. The molecule has 0 amide bonds. The number of morpholine rings is 1. The normalized spacial score (nSPS) is 17.8. The lowest BCUT2D eigenvalue weighted by Gasteiger charge is -2.34. The molecule has 1 saturated heterocycles. The Hall–Kier alpha value is -2.61. The number of hydrogen-bond acceptors (Lipinski definition) is 5. The van der Waals surface area contributed by atoms with Crippen LogP contribution in [-0.2, 0) is 11.2 Å². The minimum absolute atomic E-state index is 0.355. The zero-order chi connectivity index (χ0) is 18.1. The van der Waals surface area contributed by atoms with E-state index in [2.05, 4.69) is 26.9 Å². The first-order valence-corrected chi connectivity index (χ1v) is 8.67. The van der Waals surface area contributed by atoms with Gasteiger partial charge >= 0.3 is 0 Å². The Morgan fingerprint density at radius 2 is 2.15 bits per heavy atom. The summed E-state index contributed by atoms with van der Waals surface area (Å²) in [7, 11) is 0. The third-order valence-electron chi connectivity index (χ3n) is 4.49. The molecule has 2 aromatic heterocycles. The summed E-state index contributed by atoms with van der Waals surface area (Å²) in [6.45, 7) is 3.61. The third-order valence-corrected chi connectivity index (χ3v) is 4.49. The van der Waals surface area contributed by atoms with Crippen LogP contribution in [0.2, 0.25) is 0 Å². The number of aryl methyl sites for hydroxylation is 1. The Bertz CT molecular complexity index is 929. The average Bonchev–Trinajstić information content (AvgIpc) is 3.10. The number of nitrogens with zero attached hydrogens (tertiary/aromatic N) is 5. The number of rotatable bonds is 4. The van der Waals surface area contributed by atoms with Crippen molar-refractivity contribution in [1.82, 2.24) is 19.6 Å². The van der Waals surface area contributed by atoms with Gasteiger partial charge in [0.1, 0.15) is 29.9 Å². The molecule has 8 heteroatoms. The van der Waals surface area contributed by atoms with Gasteiger partial charge < -0.3 is 9.64 Å². The highest BCUT2D eigenvalue weighted by Crippen LogP contribution is 2.28. The quantitative estimate of drug-likeness (QED) is 0.717. The van der Waals surface area contributed by atoms with Crippen molar-refractivity contribution in [1.29, 1.82) is 0 Å². The molecule has 1 atom stereocenters. The Kier molecular flexibility index (Phi) is 4.50. The first-order valence-electron chi connectivity index (χ1n) is 8.67. The maximum absolute atomic E-state index is 14.2. The Labute approximate surface area is 149 Å². The van der Waals surface area contributed by atoms with Crippen molar-refractivity contribution in [3.05, 3.63) is 53.5 Å². The number of benzene rings is 1. The fourth-order valence-electron chi connectivity index (χ4n) is 3.26. The topological polar surface area (TPSA) is 55.6 Å². The maximum Gasteiger partial charge on any atom is 0.254 e. The van der Waals surface area contributed by atoms with Gasteiger partial charge in [0.2, 0.25) is 0 Å². The number of aromatic nitrogens is 4. The summed E-state index contributed by atoms with van der Waals surface area (Å²) >= 11 is 0. The van der Waals surface area contributed by atoms with E-state index in [1.54, 1.807) is 4.52 Å². The molecule has 0 unspecified atom stereocenters. The van der Waals surface area contributed by atoms with E-state index in [4.69, 9.17) is 4.74 Å². The molecule has 0 aliphatic carbocycles. The molecule has 1 aliphatic heterocycles. The second-order valence-corrected chi connectivity index (χ2v) is 6.30. The van der Waals surface area contributed by atoms with Gasteiger partial charge in [-0.15, -0.1) is 0 Å². The summed E-state index contributed by atoms with van der Waals surface area (Å²) < 4.78 is 34.8. The molecular weight excluding hydrogens is 340 g/mol. The van der Waals surface area contributed by atoms with E-state index in [9.17, 15) is 8.78 Å². The molecule has 6 nitrogen and oxygen atoms in total. The smallest absolute Gasteiger partial charge is 0.254 e. The van der Waals surface area contributed by atoms with Crippen LogP contribution in [0.3, 0.4) is 0 Å². The van der Waals surface area contributed by atoms with E-state index < -0.39 is 17.7 Å². The van der Waals surface area contributed by atoms with Gasteiger partial charge in [-0.1, -0.05) is 19.4 Å². The monoisotopic (exact) mass is 359 g/mol. The van der Waals surface area contributed by atoms with E-state index in [0.717, 1.165) is 30.4 Å². The molecular formula is C18H19F2N5O. The first kappa shape index (κ1) is 16.8. The predicted octanol–water partition coefficient (Wildman–Crippen LogP) is 2.93. The summed E-state index contributed by atoms with van der Waals surface area (Å²) in [4.78, 5) is 10.8. The summed E-state index contributed by atoms with van der Waals surface area (Å²) in [6, 6.07) is 5.58. The number of ether oxygens (including phenoxy) is 1. The summed E-state index contributed by atoms with van der Waals surface area (Å²) in [5.41, 5.74) is 1.30. The summed E-state index contributed by atoms with van der Waals surface area (Å²) in [5.74, 6) is 0.208. The molecule has 4 rings (SSSR count). The average molecular weight is 359 g/mol. The highest BCUT2D eigenvalue weighted by molar-refractivity contribution is 5.48. The van der Waals surface area contributed by atoms with Gasteiger partial charge in [0, 0.05) is 36.5 Å². The molecule has 1 aliphatic rings. The number of anilines is 1. The van der Waals surface area contributed by atoms with E-state index in [-0.39, 0.29) is 0 Å². The zero-order valence-electron chi connectivity index (χ0n) is 14.4. The number of fused-ring (bicyclic) bond motifs is 1.